The Labute approximate surface area is 397 Å². The van der Waals surface area contributed by atoms with Crippen molar-refractivity contribution in [2.45, 2.75) is 91.0 Å². The van der Waals surface area contributed by atoms with Gasteiger partial charge in [-0.25, -0.2) is 15.0 Å². The molecular weight excluding hydrogens is 859 g/mol. The topological polar surface area (TPSA) is 173 Å². The van der Waals surface area contributed by atoms with Crippen molar-refractivity contribution in [2.75, 3.05) is 77.0 Å². The summed E-state index contributed by atoms with van der Waals surface area (Å²) in [7, 11) is 1.52. The number of carbonyl (C=O) groups excluding carboxylic acids is 3. The molecule has 0 saturated carbocycles. The molecule has 1 atom stereocenters. The zero-order valence-corrected chi connectivity index (χ0v) is 39.9. The first-order valence-corrected chi connectivity index (χ1v) is 23.8. The Balaban J connectivity index is 0.843. The van der Waals surface area contributed by atoms with Crippen molar-refractivity contribution >= 4 is 57.8 Å². The summed E-state index contributed by atoms with van der Waals surface area (Å²) < 4.78 is 7.82. The van der Waals surface area contributed by atoms with E-state index >= 15 is 0 Å². The third-order valence-corrected chi connectivity index (χ3v) is 14.8. The first kappa shape index (κ1) is 45.0. The number of piperazine rings is 1. The fourth-order valence-electron chi connectivity index (χ4n) is 11.2. The molecule has 3 amide bonds. The third kappa shape index (κ3) is 8.02. The number of nitrogens with zero attached hydrogens (tertiary/aromatic N) is 8. The van der Waals surface area contributed by atoms with E-state index < -0.39 is 5.41 Å². The zero-order chi connectivity index (χ0) is 47.6. The van der Waals surface area contributed by atoms with Crippen LogP contribution in [0.5, 0.6) is 5.88 Å². The standard InChI is InChI=1S/C52H61N11O5/c1-8-45(65)56-40-24-33(9-12-42(40)61-20-19-60(29-31(61)2)34-14-17-59(18-15-34)35-10-11-38-39(25-35)58-50(67)52(38,5)6)55-46-48(68-7)54-28-41(57-46)36-13-16-53-47(37(36)30-64)63-22-21-62-43(49(63)66)23-32-26-51(3,4)27-44(32)62/h8-13,16,23-25,28,31,34,64H,1,14-15,17-22,26-27,29-30H2,2-7H3,(H,55,57)(H,56,65)(H,58,67). The molecule has 2 aromatic carbocycles. The number of hydrogen-bond acceptors (Lipinski definition) is 12. The van der Waals surface area contributed by atoms with Crippen molar-refractivity contribution in [3.8, 4) is 17.1 Å². The molecule has 0 bridgehead atoms. The second kappa shape index (κ2) is 17.4. The molecule has 5 aliphatic rings. The number of pyridine rings is 1. The first-order chi connectivity index (χ1) is 32.7. The highest BCUT2D eigenvalue weighted by Crippen LogP contribution is 2.42. The summed E-state index contributed by atoms with van der Waals surface area (Å²) in [5.41, 5.74) is 9.57. The Morgan fingerprint density at radius 1 is 0.985 bits per heavy atom. The van der Waals surface area contributed by atoms with Gasteiger partial charge >= 0.3 is 0 Å². The van der Waals surface area contributed by atoms with Gasteiger partial charge < -0.3 is 40.2 Å². The van der Waals surface area contributed by atoms with Crippen LogP contribution in [-0.4, -0.2) is 106 Å². The maximum absolute atomic E-state index is 14.1. The summed E-state index contributed by atoms with van der Waals surface area (Å²) >= 11 is 0. The summed E-state index contributed by atoms with van der Waals surface area (Å²) in [6, 6.07) is 16.6. The number of rotatable bonds is 11. The minimum atomic E-state index is -0.515. The van der Waals surface area contributed by atoms with Gasteiger partial charge in [0.15, 0.2) is 5.82 Å². The number of methoxy groups -OCH3 is 1. The van der Waals surface area contributed by atoms with E-state index in [1.165, 1.54) is 24.4 Å². The van der Waals surface area contributed by atoms with Gasteiger partial charge in [0.1, 0.15) is 11.5 Å². The van der Waals surface area contributed by atoms with E-state index in [4.69, 9.17) is 9.72 Å². The number of nitrogens with one attached hydrogen (secondary N) is 3. The molecule has 7 heterocycles. The van der Waals surface area contributed by atoms with E-state index in [1.54, 1.807) is 23.4 Å². The van der Waals surface area contributed by atoms with E-state index in [0.29, 0.717) is 64.7 Å². The van der Waals surface area contributed by atoms with Crippen LogP contribution in [0.2, 0.25) is 0 Å². The summed E-state index contributed by atoms with van der Waals surface area (Å²) in [4.78, 5) is 62.7. The van der Waals surface area contributed by atoms with Gasteiger partial charge in [0.25, 0.3) is 11.8 Å². The van der Waals surface area contributed by atoms with E-state index in [9.17, 15) is 19.5 Å². The molecule has 4 aliphatic heterocycles. The number of fused-ring (bicyclic) bond motifs is 4. The van der Waals surface area contributed by atoms with Crippen LogP contribution in [0.3, 0.4) is 0 Å². The molecule has 354 valence electrons. The van der Waals surface area contributed by atoms with Crippen LogP contribution in [0.25, 0.3) is 11.3 Å². The lowest BCUT2D eigenvalue weighted by Gasteiger charge is -2.47. The van der Waals surface area contributed by atoms with Gasteiger partial charge in [0.2, 0.25) is 11.8 Å². The number of amides is 3. The molecular formula is C52H61N11O5. The molecule has 10 rings (SSSR count). The van der Waals surface area contributed by atoms with Gasteiger partial charge in [0.05, 0.1) is 42.4 Å². The monoisotopic (exact) mass is 919 g/mol. The molecule has 16 heteroatoms. The van der Waals surface area contributed by atoms with Crippen LogP contribution in [0.4, 0.5) is 40.1 Å². The van der Waals surface area contributed by atoms with Crippen LogP contribution >= 0.6 is 0 Å². The van der Waals surface area contributed by atoms with Crippen molar-refractivity contribution < 1.29 is 24.2 Å². The number of anilines is 7. The number of ether oxygens (including phenoxy) is 1. The van der Waals surface area contributed by atoms with Crippen molar-refractivity contribution in [3.63, 3.8) is 0 Å². The highest BCUT2D eigenvalue weighted by molar-refractivity contribution is 6.07. The quantitative estimate of drug-likeness (QED) is 0.101. The van der Waals surface area contributed by atoms with Crippen molar-refractivity contribution in [1.82, 2.24) is 24.4 Å². The summed E-state index contributed by atoms with van der Waals surface area (Å²) in [6.45, 7) is 19.5. The fourth-order valence-corrected chi connectivity index (χ4v) is 11.2. The molecule has 5 aromatic rings. The second-order valence-electron chi connectivity index (χ2n) is 20.2. The number of aliphatic hydroxyl groups excluding tert-OH is 1. The number of benzene rings is 2. The van der Waals surface area contributed by atoms with Gasteiger partial charge in [0, 0.05) is 98.0 Å². The highest BCUT2D eigenvalue weighted by atomic mass is 16.5. The Kier molecular flexibility index (Phi) is 11.5. The van der Waals surface area contributed by atoms with E-state index in [2.05, 4.69) is 90.7 Å². The Morgan fingerprint density at radius 2 is 1.79 bits per heavy atom. The zero-order valence-electron chi connectivity index (χ0n) is 39.9. The summed E-state index contributed by atoms with van der Waals surface area (Å²) in [5.74, 6) is 0.540. The van der Waals surface area contributed by atoms with Gasteiger partial charge in [-0.3, -0.25) is 24.2 Å². The van der Waals surface area contributed by atoms with Crippen LogP contribution in [0, 0.1) is 5.41 Å². The number of aliphatic hydroxyl groups is 1. The van der Waals surface area contributed by atoms with Crippen LogP contribution in [0.1, 0.15) is 80.3 Å². The van der Waals surface area contributed by atoms with Crippen molar-refractivity contribution in [2.24, 2.45) is 5.41 Å². The first-order valence-electron chi connectivity index (χ1n) is 23.8. The van der Waals surface area contributed by atoms with E-state index in [-0.39, 0.29) is 41.7 Å². The van der Waals surface area contributed by atoms with Crippen LogP contribution in [-0.2, 0) is 41.0 Å². The Hall–Kier alpha value is -6.78. The van der Waals surface area contributed by atoms with Crippen LogP contribution < -0.4 is 35.4 Å². The van der Waals surface area contributed by atoms with Crippen molar-refractivity contribution in [1.29, 1.82) is 0 Å². The number of piperidine rings is 1. The summed E-state index contributed by atoms with van der Waals surface area (Å²) in [6.07, 6.45) is 8.44. The molecule has 2 fully saturated rings. The smallest absolute Gasteiger partial charge is 0.276 e. The summed E-state index contributed by atoms with van der Waals surface area (Å²) in [5, 5.41) is 20.3. The second-order valence-corrected chi connectivity index (χ2v) is 20.2. The molecule has 0 spiro atoms. The highest BCUT2D eigenvalue weighted by Gasteiger charge is 2.40. The van der Waals surface area contributed by atoms with Gasteiger partial charge in [-0.15, -0.1) is 0 Å². The lowest BCUT2D eigenvalue weighted by molar-refractivity contribution is -0.119. The predicted molar refractivity (Wildman–Crippen MR) is 265 cm³/mol. The van der Waals surface area contributed by atoms with E-state index in [0.717, 1.165) is 81.0 Å². The van der Waals surface area contributed by atoms with Gasteiger partial charge in [-0.1, -0.05) is 26.5 Å². The van der Waals surface area contributed by atoms with Gasteiger partial charge in [-0.05, 0) is 112 Å². The SMILES string of the molecule is C=CC(=O)Nc1cc(Nc2nc(-c3ccnc(N4CCn5c(cc6c5CC(C)(C)C6)C4=O)c3CO)cnc2OC)ccc1N1CCN(C2CCN(c3ccc4c(c3)NC(=O)C4(C)C)CC2)CC1C. The molecule has 1 aliphatic carbocycles. The van der Waals surface area contributed by atoms with E-state index in [1.807, 2.05) is 38.1 Å². The average molecular weight is 920 g/mol. The van der Waals surface area contributed by atoms with Crippen LogP contribution in [0.15, 0.2) is 73.6 Å². The van der Waals surface area contributed by atoms with Gasteiger partial charge in [-0.2, -0.15) is 0 Å². The molecule has 0 radical (unpaired) electrons. The minimum absolute atomic E-state index is 0.0449. The molecule has 1 unspecified atom stereocenters. The Morgan fingerprint density at radius 3 is 2.54 bits per heavy atom. The predicted octanol–water partition coefficient (Wildman–Crippen LogP) is 6.90. The molecule has 2 saturated heterocycles. The minimum Gasteiger partial charge on any atom is -0.478 e. The normalized spacial score (nSPS) is 19.9. The Bertz CT molecular complexity index is 2850. The number of carbonyl (C=O) groups is 3. The lowest BCUT2D eigenvalue weighted by atomic mass is 9.86. The number of hydrogen-bond donors (Lipinski definition) is 4. The average Bonchev–Trinajstić information content (AvgIpc) is 3.91. The maximum atomic E-state index is 14.1. The largest absolute Gasteiger partial charge is 0.478 e. The molecule has 3 aromatic heterocycles. The fraction of sp³-hybridized carbons (Fsp3) is 0.423. The maximum Gasteiger partial charge on any atom is 0.276 e. The molecule has 4 N–H and O–H groups in total. The molecule has 68 heavy (non-hydrogen) atoms. The van der Waals surface area contributed by atoms with Crippen molar-refractivity contribution in [3.05, 3.63) is 102 Å². The number of aromatic nitrogens is 4. The lowest BCUT2D eigenvalue weighted by Crippen LogP contribution is -2.57. The molecule has 16 nitrogen and oxygen atoms in total. The third-order valence-electron chi connectivity index (χ3n) is 14.8.